The molecular weight excluding hydrogens is 468 g/mol. The first kappa shape index (κ1) is 24.6. The van der Waals surface area contributed by atoms with E-state index in [2.05, 4.69) is 72.9 Å². The third-order valence-electron chi connectivity index (χ3n) is 8.58. The van der Waals surface area contributed by atoms with Crippen molar-refractivity contribution in [2.75, 3.05) is 0 Å². The molecule has 1 aromatic carbocycles. The van der Waals surface area contributed by atoms with Crippen molar-refractivity contribution in [1.29, 1.82) is 10.5 Å². The number of rotatable bonds is 5. The van der Waals surface area contributed by atoms with E-state index in [4.69, 9.17) is 9.47 Å². The molecule has 0 amide bonds. The molecule has 6 rings (SSSR count). The molecule has 0 aliphatic heterocycles. The maximum absolute atomic E-state index is 9.36. The molecule has 38 heavy (non-hydrogen) atoms. The monoisotopic (exact) mass is 502 g/mol. The Hall–Kier alpha value is -3.76. The third-order valence-corrected chi connectivity index (χ3v) is 8.58. The molecular formula is C34H34N2O2. The molecule has 0 saturated heterocycles. The predicted molar refractivity (Wildman–Crippen MR) is 149 cm³/mol. The Labute approximate surface area is 225 Å². The zero-order chi connectivity index (χ0) is 25.9. The molecule has 2 atom stereocenters. The molecule has 4 heteroatoms. The summed E-state index contributed by atoms with van der Waals surface area (Å²) in [6, 6.07) is 9.20. The van der Waals surface area contributed by atoms with Gasteiger partial charge in [-0.3, -0.25) is 0 Å². The SMILES string of the molecule is N#CC1CC=C(Oc2ccc3c(c2C2=C4C=CC=CC4CC=C2OC2CCC(C#N)CC2)C=CCC3)CC1. The molecule has 0 heterocycles. The topological polar surface area (TPSA) is 66.0 Å². The van der Waals surface area contributed by atoms with Crippen molar-refractivity contribution in [3.63, 3.8) is 0 Å². The van der Waals surface area contributed by atoms with E-state index in [1.165, 1.54) is 16.7 Å². The number of ether oxygens (including phenoxy) is 2. The van der Waals surface area contributed by atoms with Crippen molar-refractivity contribution in [3.05, 3.63) is 88.4 Å². The van der Waals surface area contributed by atoms with Crippen LogP contribution in [-0.4, -0.2) is 6.10 Å². The highest BCUT2D eigenvalue weighted by Crippen LogP contribution is 2.47. The predicted octanol–water partition coefficient (Wildman–Crippen LogP) is 8.11. The van der Waals surface area contributed by atoms with Gasteiger partial charge in [0.25, 0.3) is 0 Å². The van der Waals surface area contributed by atoms with Gasteiger partial charge < -0.3 is 9.47 Å². The van der Waals surface area contributed by atoms with Crippen LogP contribution in [0.1, 0.15) is 74.5 Å². The number of benzene rings is 1. The molecule has 0 spiro atoms. The van der Waals surface area contributed by atoms with Crippen LogP contribution in [0.4, 0.5) is 0 Å². The zero-order valence-electron chi connectivity index (χ0n) is 21.9. The molecule has 1 aromatic rings. The number of hydrogen-bond donors (Lipinski definition) is 0. The average molecular weight is 503 g/mol. The van der Waals surface area contributed by atoms with Crippen LogP contribution in [0.2, 0.25) is 0 Å². The van der Waals surface area contributed by atoms with Crippen LogP contribution in [-0.2, 0) is 11.2 Å². The summed E-state index contributed by atoms with van der Waals surface area (Å²) in [5.41, 5.74) is 6.13. The Morgan fingerprint density at radius 2 is 1.71 bits per heavy atom. The highest BCUT2D eigenvalue weighted by molar-refractivity contribution is 5.91. The summed E-state index contributed by atoms with van der Waals surface area (Å²) in [6.07, 6.45) is 26.8. The second-order valence-electron chi connectivity index (χ2n) is 11.0. The lowest BCUT2D eigenvalue weighted by molar-refractivity contribution is 0.0823. The number of nitriles is 2. The van der Waals surface area contributed by atoms with Gasteiger partial charge in [0.1, 0.15) is 17.3 Å². The highest BCUT2D eigenvalue weighted by Gasteiger charge is 2.32. The molecule has 1 saturated carbocycles. The van der Waals surface area contributed by atoms with Gasteiger partial charge in [0.05, 0.1) is 24.2 Å². The Morgan fingerprint density at radius 1 is 0.842 bits per heavy atom. The zero-order valence-corrected chi connectivity index (χ0v) is 21.9. The summed E-state index contributed by atoms with van der Waals surface area (Å²) in [4.78, 5) is 0. The van der Waals surface area contributed by atoms with E-state index >= 15 is 0 Å². The Morgan fingerprint density at radius 3 is 2.50 bits per heavy atom. The largest absolute Gasteiger partial charge is 0.490 e. The van der Waals surface area contributed by atoms with Crippen molar-refractivity contribution < 1.29 is 9.47 Å². The summed E-state index contributed by atoms with van der Waals surface area (Å²) in [5.74, 6) is 3.32. The van der Waals surface area contributed by atoms with E-state index in [9.17, 15) is 10.5 Å². The standard InChI is InChI=1S/C34H34N2O2/c35-21-23-9-15-27(16-10-23)37-31-19-13-25-5-1-3-7-29(25)33(31)34-30-8-4-2-6-26(30)14-20-32(34)38-28-17-11-24(22-36)12-18-28/h1,3-5,7-8,14,17,19-20,23-25,27H,2,6,9-13,15-16,18H2. The van der Waals surface area contributed by atoms with Gasteiger partial charge in [-0.2, -0.15) is 10.5 Å². The summed E-state index contributed by atoms with van der Waals surface area (Å²) in [6.45, 7) is 0. The van der Waals surface area contributed by atoms with Gasteiger partial charge in [0, 0.05) is 29.4 Å². The van der Waals surface area contributed by atoms with Crippen LogP contribution >= 0.6 is 0 Å². The maximum atomic E-state index is 9.36. The van der Waals surface area contributed by atoms with E-state index in [0.717, 1.165) is 92.6 Å². The second kappa shape index (κ2) is 10.9. The Kier molecular flexibility index (Phi) is 7.06. The first-order chi connectivity index (χ1) is 18.7. The molecule has 0 aromatic heterocycles. The fourth-order valence-corrected chi connectivity index (χ4v) is 6.40. The fraction of sp³-hybridized carbons (Fsp3) is 0.412. The molecule has 5 aliphatic rings. The molecule has 0 N–H and O–H groups in total. The minimum Gasteiger partial charge on any atom is -0.490 e. The van der Waals surface area contributed by atoms with Gasteiger partial charge in [-0.15, -0.1) is 0 Å². The molecule has 192 valence electrons. The summed E-state index contributed by atoms with van der Waals surface area (Å²) in [5, 5.41) is 18.7. The van der Waals surface area contributed by atoms with Gasteiger partial charge in [0.2, 0.25) is 0 Å². The van der Waals surface area contributed by atoms with Crippen LogP contribution in [0.5, 0.6) is 5.75 Å². The van der Waals surface area contributed by atoms with E-state index < -0.39 is 0 Å². The van der Waals surface area contributed by atoms with Crippen LogP contribution in [0.25, 0.3) is 11.6 Å². The number of hydrogen-bond acceptors (Lipinski definition) is 4. The highest BCUT2D eigenvalue weighted by atomic mass is 16.5. The van der Waals surface area contributed by atoms with E-state index in [-0.39, 0.29) is 17.9 Å². The van der Waals surface area contributed by atoms with Crippen LogP contribution in [0, 0.1) is 40.4 Å². The van der Waals surface area contributed by atoms with Crippen molar-refractivity contribution >= 4 is 11.6 Å². The van der Waals surface area contributed by atoms with E-state index in [1.807, 2.05) is 0 Å². The van der Waals surface area contributed by atoms with Gasteiger partial charge in [0.15, 0.2) is 0 Å². The summed E-state index contributed by atoms with van der Waals surface area (Å²) < 4.78 is 13.5. The lowest BCUT2D eigenvalue weighted by Gasteiger charge is -2.33. The first-order valence-electron chi connectivity index (χ1n) is 14.2. The number of aryl methyl sites for hydroxylation is 1. The quantitative estimate of drug-likeness (QED) is 0.408. The molecule has 2 unspecified atom stereocenters. The minimum absolute atomic E-state index is 0.0792. The van der Waals surface area contributed by atoms with Crippen molar-refractivity contribution in [2.45, 2.75) is 70.3 Å². The number of nitrogens with zero attached hydrogens (tertiary/aromatic N) is 2. The molecule has 0 bridgehead atoms. The number of fused-ring (bicyclic) bond motifs is 2. The van der Waals surface area contributed by atoms with Gasteiger partial charge in [-0.05, 0) is 92.7 Å². The van der Waals surface area contributed by atoms with Gasteiger partial charge in [-0.25, -0.2) is 0 Å². The molecule has 0 radical (unpaired) electrons. The lowest BCUT2D eigenvalue weighted by Crippen LogP contribution is -2.23. The van der Waals surface area contributed by atoms with Crippen molar-refractivity contribution in [3.8, 4) is 17.9 Å². The lowest BCUT2D eigenvalue weighted by atomic mass is 9.78. The fourth-order valence-electron chi connectivity index (χ4n) is 6.40. The van der Waals surface area contributed by atoms with Crippen LogP contribution < -0.4 is 4.74 Å². The minimum atomic E-state index is 0.0792. The van der Waals surface area contributed by atoms with Gasteiger partial charge in [-0.1, -0.05) is 42.5 Å². The Balaban J connectivity index is 1.42. The van der Waals surface area contributed by atoms with E-state index in [0.29, 0.717) is 5.92 Å². The summed E-state index contributed by atoms with van der Waals surface area (Å²) in [7, 11) is 0. The number of allylic oxidation sites excluding steroid dienone is 10. The Bertz CT molecular complexity index is 1370. The molecule has 1 fully saturated rings. The smallest absolute Gasteiger partial charge is 0.135 e. The van der Waals surface area contributed by atoms with Crippen LogP contribution in [0.15, 0.2) is 71.8 Å². The van der Waals surface area contributed by atoms with Crippen molar-refractivity contribution in [1.82, 2.24) is 0 Å². The van der Waals surface area contributed by atoms with Crippen LogP contribution in [0.3, 0.4) is 0 Å². The van der Waals surface area contributed by atoms with E-state index in [1.54, 1.807) is 0 Å². The van der Waals surface area contributed by atoms with Gasteiger partial charge >= 0.3 is 0 Å². The van der Waals surface area contributed by atoms with Crippen molar-refractivity contribution in [2.24, 2.45) is 17.8 Å². The average Bonchev–Trinajstić information content (AvgIpc) is 2.98. The maximum Gasteiger partial charge on any atom is 0.135 e. The third kappa shape index (κ3) is 4.89. The normalized spacial score (nSPS) is 27.8. The summed E-state index contributed by atoms with van der Waals surface area (Å²) >= 11 is 0. The molecule has 4 nitrogen and oxygen atoms in total. The first-order valence-corrected chi connectivity index (χ1v) is 14.2. The molecule has 5 aliphatic carbocycles. The second-order valence-corrected chi connectivity index (χ2v) is 11.0.